The van der Waals surface area contributed by atoms with Crippen molar-refractivity contribution < 1.29 is 4.74 Å². The van der Waals surface area contributed by atoms with Gasteiger partial charge < -0.3 is 15.0 Å². The van der Waals surface area contributed by atoms with E-state index in [1.54, 1.807) is 7.11 Å². The van der Waals surface area contributed by atoms with E-state index in [9.17, 15) is 0 Å². The average molecular weight is 186 g/mol. The summed E-state index contributed by atoms with van der Waals surface area (Å²) in [6, 6.07) is 0.687. The standard InChI is InChI=1S/C10H22N2O/c1-10-4-7-12(8-5-11-10)6-3-9-13-2/h10-11H,3-9H2,1-2H3. The van der Waals surface area contributed by atoms with Crippen molar-refractivity contribution in [3.63, 3.8) is 0 Å². The summed E-state index contributed by atoms with van der Waals surface area (Å²) in [7, 11) is 1.77. The van der Waals surface area contributed by atoms with E-state index in [1.807, 2.05) is 0 Å². The van der Waals surface area contributed by atoms with Gasteiger partial charge in [-0.15, -0.1) is 0 Å². The normalized spacial score (nSPS) is 25.8. The Hall–Kier alpha value is -0.120. The number of nitrogens with one attached hydrogen (secondary N) is 1. The number of ether oxygens (including phenoxy) is 1. The first kappa shape index (κ1) is 11.0. The molecule has 0 amide bonds. The fourth-order valence-electron chi connectivity index (χ4n) is 1.72. The maximum absolute atomic E-state index is 5.04. The van der Waals surface area contributed by atoms with E-state index in [1.165, 1.54) is 26.1 Å². The van der Waals surface area contributed by atoms with Crippen LogP contribution < -0.4 is 5.32 Å². The predicted octanol–water partition coefficient (Wildman–Crippen LogP) is 0.707. The van der Waals surface area contributed by atoms with Crippen molar-refractivity contribution in [3.8, 4) is 0 Å². The molecule has 0 aromatic heterocycles. The van der Waals surface area contributed by atoms with Crippen LogP contribution in [0.5, 0.6) is 0 Å². The fourth-order valence-corrected chi connectivity index (χ4v) is 1.72. The van der Waals surface area contributed by atoms with Gasteiger partial charge in [0.15, 0.2) is 0 Å². The van der Waals surface area contributed by atoms with Gasteiger partial charge in [0.2, 0.25) is 0 Å². The van der Waals surface area contributed by atoms with Gasteiger partial charge in [-0.3, -0.25) is 0 Å². The number of hydrogen-bond donors (Lipinski definition) is 1. The number of nitrogens with zero attached hydrogens (tertiary/aromatic N) is 1. The highest BCUT2D eigenvalue weighted by Crippen LogP contribution is 2.01. The van der Waals surface area contributed by atoms with Crippen molar-refractivity contribution in [1.29, 1.82) is 0 Å². The SMILES string of the molecule is COCCCN1CCNC(C)CC1. The van der Waals surface area contributed by atoms with Crippen molar-refractivity contribution in [2.24, 2.45) is 0 Å². The first-order valence-electron chi connectivity index (χ1n) is 5.27. The van der Waals surface area contributed by atoms with Crippen LogP contribution >= 0.6 is 0 Å². The Balaban J connectivity index is 2.11. The fraction of sp³-hybridized carbons (Fsp3) is 1.00. The van der Waals surface area contributed by atoms with Gasteiger partial charge in [0, 0.05) is 39.4 Å². The third-order valence-electron chi connectivity index (χ3n) is 2.62. The minimum absolute atomic E-state index is 0.687. The molecule has 0 spiro atoms. The van der Waals surface area contributed by atoms with E-state index in [-0.39, 0.29) is 0 Å². The predicted molar refractivity (Wildman–Crippen MR) is 55.0 cm³/mol. The van der Waals surface area contributed by atoms with Gasteiger partial charge in [0.1, 0.15) is 0 Å². The molecule has 1 fully saturated rings. The molecule has 1 aliphatic heterocycles. The Morgan fingerprint density at radius 1 is 1.46 bits per heavy atom. The van der Waals surface area contributed by atoms with E-state index in [0.717, 1.165) is 19.6 Å². The molecular formula is C10H22N2O. The highest BCUT2D eigenvalue weighted by Gasteiger charge is 2.11. The maximum atomic E-state index is 5.04. The van der Waals surface area contributed by atoms with Gasteiger partial charge in [-0.05, 0) is 26.3 Å². The lowest BCUT2D eigenvalue weighted by atomic mass is 10.2. The molecule has 0 radical (unpaired) electrons. The lowest BCUT2D eigenvalue weighted by Crippen LogP contribution is -2.30. The van der Waals surface area contributed by atoms with Crippen molar-refractivity contribution in [2.45, 2.75) is 25.8 Å². The summed E-state index contributed by atoms with van der Waals surface area (Å²) in [4.78, 5) is 2.52. The molecule has 13 heavy (non-hydrogen) atoms. The maximum Gasteiger partial charge on any atom is 0.0474 e. The van der Waals surface area contributed by atoms with Crippen molar-refractivity contribution in [1.82, 2.24) is 10.2 Å². The molecule has 1 unspecified atom stereocenters. The van der Waals surface area contributed by atoms with E-state index in [4.69, 9.17) is 4.74 Å². The summed E-state index contributed by atoms with van der Waals surface area (Å²) in [6.45, 7) is 7.89. The van der Waals surface area contributed by atoms with E-state index < -0.39 is 0 Å². The second kappa shape index (κ2) is 6.35. The van der Waals surface area contributed by atoms with Crippen LogP contribution in [0.25, 0.3) is 0 Å². The van der Waals surface area contributed by atoms with E-state index in [0.29, 0.717) is 6.04 Å². The summed E-state index contributed by atoms with van der Waals surface area (Å²) >= 11 is 0. The second-order valence-electron chi connectivity index (χ2n) is 3.83. The molecule has 78 valence electrons. The van der Waals surface area contributed by atoms with Gasteiger partial charge in [-0.1, -0.05) is 0 Å². The highest BCUT2D eigenvalue weighted by molar-refractivity contribution is 4.71. The molecule has 1 heterocycles. The quantitative estimate of drug-likeness (QED) is 0.654. The van der Waals surface area contributed by atoms with Crippen molar-refractivity contribution in [2.75, 3.05) is 39.9 Å². The number of methoxy groups -OCH3 is 1. The van der Waals surface area contributed by atoms with Crippen LogP contribution in [0.2, 0.25) is 0 Å². The summed E-state index contributed by atoms with van der Waals surface area (Å²) in [6.07, 6.45) is 2.43. The Morgan fingerprint density at radius 2 is 2.31 bits per heavy atom. The van der Waals surface area contributed by atoms with Crippen molar-refractivity contribution >= 4 is 0 Å². The first-order valence-corrected chi connectivity index (χ1v) is 5.27. The molecule has 1 atom stereocenters. The molecule has 0 aliphatic carbocycles. The Morgan fingerprint density at radius 3 is 3.08 bits per heavy atom. The van der Waals surface area contributed by atoms with Crippen LogP contribution in [0.15, 0.2) is 0 Å². The average Bonchev–Trinajstić information content (AvgIpc) is 2.32. The largest absolute Gasteiger partial charge is 0.385 e. The summed E-state index contributed by atoms with van der Waals surface area (Å²) in [5, 5.41) is 3.49. The summed E-state index contributed by atoms with van der Waals surface area (Å²) < 4.78 is 5.04. The Labute approximate surface area is 81.4 Å². The molecule has 0 aromatic rings. The van der Waals surface area contributed by atoms with Crippen LogP contribution in [0.3, 0.4) is 0 Å². The van der Waals surface area contributed by atoms with Crippen LogP contribution in [0, 0.1) is 0 Å². The van der Waals surface area contributed by atoms with Crippen LogP contribution in [0.4, 0.5) is 0 Å². The minimum atomic E-state index is 0.687. The summed E-state index contributed by atoms with van der Waals surface area (Å²) in [5.41, 5.74) is 0. The molecule has 1 rings (SSSR count). The number of rotatable bonds is 4. The molecule has 3 heteroatoms. The van der Waals surface area contributed by atoms with E-state index in [2.05, 4.69) is 17.1 Å². The van der Waals surface area contributed by atoms with Crippen LogP contribution in [-0.2, 0) is 4.74 Å². The molecule has 0 aromatic carbocycles. The molecule has 1 aliphatic rings. The highest BCUT2D eigenvalue weighted by atomic mass is 16.5. The lowest BCUT2D eigenvalue weighted by molar-refractivity contribution is 0.174. The lowest BCUT2D eigenvalue weighted by Gasteiger charge is -2.18. The monoisotopic (exact) mass is 186 g/mol. The Kier molecular flexibility index (Phi) is 5.35. The van der Waals surface area contributed by atoms with Crippen LogP contribution in [-0.4, -0.2) is 50.8 Å². The zero-order valence-corrected chi connectivity index (χ0v) is 8.88. The van der Waals surface area contributed by atoms with Crippen LogP contribution in [0.1, 0.15) is 19.8 Å². The second-order valence-corrected chi connectivity index (χ2v) is 3.83. The van der Waals surface area contributed by atoms with Gasteiger partial charge in [0.05, 0.1) is 0 Å². The molecular weight excluding hydrogens is 164 g/mol. The molecule has 0 bridgehead atoms. The third-order valence-corrected chi connectivity index (χ3v) is 2.62. The first-order chi connectivity index (χ1) is 6.33. The third kappa shape index (κ3) is 4.60. The molecule has 1 saturated heterocycles. The van der Waals surface area contributed by atoms with E-state index >= 15 is 0 Å². The van der Waals surface area contributed by atoms with Gasteiger partial charge in [-0.25, -0.2) is 0 Å². The molecule has 3 nitrogen and oxygen atoms in total. The van der Waals surface area contributed by atoms with Crippen molar-refractivity contribution in [3.05, 3.63) is 0 Å². The topological polar surface area (TPSA) is 24.5 Å². The summed E-state index contributed by atoms with van der Waals surface area (Å²) in [5.74, 6) is 0. The van der Waals surface area contributed by atoms with Gasteiger partial charge >= 0.3 is 0 Å². The van der Waals surface area contributed by atoms with Gasteiger partial charge in [-0.2, -0.15) is 0 Å². The zero-order valence-electron chi connectivity index (χ0n) is 8.88. The Bertz CT molecular complexity index is 130. The molecule has 0 saturated carbocycles. The minimum Gasteiger partial charge on any atom is -0.385 e. The zero-order chi connectivity index (χ0) is 9.52. The number of hydrogen-bond acceptors (Lipinski definition) is 3. The molecule has 1 N–H and O–H groups in total. The smallest absolute Gasteiger partial charge is 0.0474 e. The van der Waals surface area contributed by atoms with Gasteiger partial charge in [0.25, 0.3) is 0 Å².